The fourth-order valence-corrected chi connectivity index (χ4v) is 5.52. The molecule has 0 unspecified atom stereocenters. The molecule has 1 fully saturated rings. The molecule has 2 atom stereocenters. The first-order valence-corrected chi connectivity index (χ1v) is 13.2. The Bertz CT molecular complexity index is 1450. The van der Waals surface area contributed by atoms with Crippen LogP contribution in [0.15, 0.2) is 59.5 Å². The SMILES string of the molecule is COCCCOc1cc2c(cc1OC)-c1cc(=O)c(C(=O)O)cn1[C@H]1CCN(C(=O)OCc3ccccc3)C[C@H]21. The summed E-state index contributed by atoms with van der Waals surface area (Å²) in [4.78, 5) is 39.3. The van der Waals surface area contributed by atoms with Crippen LogP contribution in [0.25, 0.3) is 11.3 Å². The minimum atomic E-state index is -1.28. The van der Waals surface area contributed by atoms with E-state index < -0.39 is 17.5 Å². The van der Waals surface area contributed by atoms with Crippen molar-refractivity contribution in [2.24, 2.45) is 0 Å². The Balaban J connectivity index is 1.51. The molecule has 0 aliphatic carbocycles. The number of amides is 1. The Kier molecular flexibility index (Phi) is 8.06. The molecule has 0 spiro atoms. The number of hydrogen-bond donors (Lipinski definition) is 1. The number of benzene rings is 2. The van der Waals surface area contributed by atoms with Crippen LogP contribution in [-0.4, -0.2) is 67.2 Å². The zero-order valence-electron chi connectivity index (χ0n) is 22.5. The molecule has 0 saturated carbocycles. The van der Waals surface area contributed by atoms with Crippen molar-refractivity contribution in [1.82, 2.24) is 9.47 Å². The smallest absolute Gasteiger partial charge is 0.410 e. The van der Waals surface area contributed by atoms with E-state index in [-0.39, 0.29) is 24.1 Å². The monoisotopic (exact) mass is 548 g/mol. The summed E-state index contributed by atoms with van der Waals surface area (Å²) in [5.41, 5.74) is 2.28. The van der Waals surface area contributed by atoms with Gasteiger partial charge in [0.2, 0.25) is 0 Å². The molecule has 1 amide bonds. The number of nitrogens with zero attached hydrogens (tertiary/aromatic N) is 2. The lowest BCUT2D eigenvalue weighted by molar-refractivity contribution is 0.0693. The lowest BCUT2D eigenvalue weighted by Gasteiger charge is -2.44. The molecule has 2 aromatic carbocycles. The quantitative estimate of drug-likeness (QED) is 0.393. The third-order valence-corrected chi connectivity index (χ3v) is 7.47. The fourth-order valence-electron chi connectivity index (χ4n) is 5.52. The average molecular weight is 549 g/mol. The Hall–Kier alpha value is -4.31. The number of carbonyl (C=O) groups is 2. The number of pyridine rings is 1. The summed E-state index contributed by atoms with van der Waals surface area (Å²) < 4.78 is 24.3. The number of methoxy groups -OCH3 is 2. The van der Waals surface area contributed by atoms with Gasteiger partial charge >= 0.3 is 12.1 Å². The average Bonchev–Trinajstić information content (AvgIpc) is 2.97. The molecular formula is C30H32N2O8. The minimum absolute atomic E-state index is 0.170. The largest absolute Gasteiger partial charge is 0.493 e. The maximum Gasteiger partial charge on any atom is 0.410 e. The fraction of sp³-hybridized carbons (Fsp3) is 0.367. The summed E-state index contributed by atoms with van der Waals surface area (Å²) in [6.07, 6.45) is 2.26. The van der Waals surface area contributed by atoms with Crippen molar-refractivity contribution in [3.05, 3.63) is 81.6 Å². The van der Waals surface area contributed by atoms with E-state index in [1.54, 1.807) is 19.1 Å². The summed E-state index contributed by atoms with van der Waals surface area (Å²) >= 11 is 0. The third-order valence-electron chi connectivity index (χ3n) is 7.47. The van der Waals surface area contributed by atoms with Gasteiger partial charge in [0.15, 0.2) is 16.9 Å². The number of hydrogen-bond acceptors (Lipinski definition) is 7. The Morgan fingerprint density at radius 3 is 2.58 bits per heavy atom. The predicted octanol–water partition coefficient (Wildman–Crippen LogP) is 4.32. The van der Waals surface area contributed by atoms with Gasteiger partial charge in [-0.15, -0.1) is 0 Å². The number of aromatic nitrogens is 1. The van der Waals surface area contributed by atoms with Gasteiger partial charge in [0.25, 0.3) is 0 Å². The van der Waals surface area contributed by atoms with E-state index in [1.165, 1.54) is 12.3 Å². The number of carbonyl (C=O) groups excluding carboxylic acids is 1. The van der Waals surface area contributed by atoms with E-state index in [4.69, 9.17) is 18.9 Å². The summed E-state index contributed by atoms with van der Waals surface area (Å²) in [6, 6.07) is 14.4. The molecular weight excluding hydrogens is 516 g/mol. The van der Waals surface area contributed by atoms with Gasteiger partial charge in [0, 0.05) is 63.0 Å². The number of rotatable bonds is 9. The molecule has 3 aromatic rings. The predicted molar refractivity (Wildman–Crippen MR) is 146 cm³/mol. The summed E-state index contributed by atoms with van der Waals surface area (Å²) in [5.74, 6) is -0.428. The molecule has 210 valence electrons. The second-order valence-electron chi connectivity index (χ2n) is 9.88. The van der Waals surface area contributed by atoms with Crippen molar-refractivity contribution in [3.63, 3.8) is 0 Å². The summed E-state index contributed by atoms with van der Waals surface area (Å²) in [6.45, 7) is 1.93. The number of aromatic carboxylic acids is 1. The van der Waals surface area contributed by atoms with Crippen LogP contribution in [0.2, 0.25) is 0 Å². The Morgan fingerprint density at radius 2 is 1.85 bits per heavy atom. The minimum Gasteiger partial charge on any atom is -0.493 e. The molecule has 1 aromatic heterocycles. The molecule has 1 N–H and O–H groups in total. The zero-order valence-corrected chi connectivity index (χ0v) is 22.5. The van der Waals surface area contributed by atoms with E-state index >= 15 is 0 Å². The normalized spacial score (nSPS) is 17.3. The van der Waals surface area contributed by atoms with Gasteiger partial charge in [0.1, 0.15) is 12.2 Å². The molecule has 0 bridgehead atoms. The lowest BCUT2D eigenvalue weighted by Crippen LogP contribution is -2.45. The van der Waals surface area contributed by atoms with Crippen LogP contribution < -0.4 is 14.9 Å². The van der Waals surface area contributed by atoms with Crippen LogP contribution in [0.1, 0.15) is 46.3 Å². The first-order valence-electron chi connectivity index (χ1n) is 13.2. The van der Waals surface area contributed by atoms with Crippen LogP contribution in [-0.2, 0) is 16.1 Å². The second kappa shape index (κ2) is 11.8. The van der Waals surface area contributed by atoms with Crippen molar-refractivity contribution in [1.29, 1.82) is 0 Å². The second-order valence-corrected chi connectivity index (χ2v) is 9.88. The molecule has 3 heterocycles. The van der Waals surface area contributed by atoms with E-state index in [0.29, 0.717) is 56.3 Å². The van der Waals surface area contributed by atoms with Crippen LogP contribution in [0.3, 0.4) is 0 Å². The molecule has 2 aliphatic heterocycles. The van der Waals surface area contributed by atoms with Crippen molar-refractivity contribution in [2.75, 3.05) is 40.5 Å². The molecule has 2 aliphatic rings. The van der Waals surface area contributed by atoms with Crippen molar-refractivity contribution in [3.8, 4) is 22.8 Å². The van der Waals surface area contributed by atoms with Crippen LogP contribution in [0.4, 0.5) is 4.79 Å². The first kappa shape index (κ1) is 27.3. The molecule has 5 rings (SSSR count). The number of carboxylic acid groups (broad SMARTS) is 1. The molecule has 10 nitrogen and oxygen atoms in total. The third kappa shape index (κ3) is 5.40. The van der Waals surface area contributed by atoms with Crippen LogP contribution in [0.5, 0.6) is 11.5 Å². The standard InChI is InChI=1S/C30H32N2O8/c1-37-11-6-12-39-28-13-20-21(14-27(28)38-2)25-15-26(33)23(29(34)35)17-32(25)24-9-10-31(16-22(20)24)30(36)40-18-19-7-4-3-5-8-19/h3-5,7-8,13-15,17,22,24H,6,9-12,16,18H2,1-2H3,(H,34,35)/t22-,24+/m1/s1. The zero-order chi connectivity index (χ0) is 28.2. The van der Waals surface area contributed by atoms with Crippen molar-refractivity contribution >= 4 is 12.1 Å². The molecule has 10 heteroatoms. The van der Waals surface area contributed by atoms with E-state index in [9.17, 15) is 19.5 Å². The Labute approximate surface area is 231 Å². The topological polar surface area (TPSA) is 117 Å². The van der Waals surface area contributed by atoms with Crippen molar-refractivity contribution in [2.45, 2.75) is 31.4 Å². The molecule has 40 heavy (non-hydrogen) atoms. The number of fused-ring (bicyclic) bond motifs is 6. The van der Waals surface area contributed by atoms with E-state index in [1.807, 2.05) is 47.0 Å². The number of carboxylic acids is 1. The van der Waals surface area contributed by atoms with Gasteiger partial charge in [-0.25, -0.2) is 9.59 Å². The first-order chi connectivity index (χ1) is 19.4. The maximum absolute atomic E-state index is 13.1. The highest BCUT2D eigenvalue weighted by atomic mass is 16.6. The van der Waals surface area contributed by atoms with Gasteiger partial charge in [-0.2, -0.15) is 0 Å². The highest BCUT2D eigenvalue weighted by Gasteiger charge is 2.40. The summed E-state index contributed by atoms with van der Waals surface area (Å²) in [5, 5.41) is 9.64. The summed E-state index contributed by atoms with van der Waals surface area (Å²) in [7, 11) is 3.18. The molecule has 0 radical (unpaired) electrons. The highest BCUT2D eigenvalue weighted by Crippen LogP contribution is 2.49. The number of piperidine rings is 1. The number of likely N-dealkylation sites (tertiary alicyclic amines) is 1. The molecule has 1 saturated heterocycles. The number of ether oxygens (including phenoxy) is 4. The van der Waals surface area contributed by atoms with Gasteiger partial charge in [-0.05, 0) is 29.7 Å². The van der Waals surface area contributed by atoms with Crippen LogP contribution >= 0.6 is 0 Å². The van der Waals surface area contributed by atoms with Gasteiger partial charge in [0.05, 0.1) is 19.4 Å². The van der Waals surface area contributed by atoms with Gasteiger partial charge in [-0.1, -0.05) is 30.3 Å². The van der Waals surface area contributed by atoms with E-state index in [2.05, 4.69) is 0 Å². The van der Waals surface area contributed by atoms with E-state index in [0.717, 1.165) is 16.7 Å². The lowest BCUT2D eigenvalue weighted by atomic mass is 9.79. The highest BCUT2D eigenvalue weighted by molar-refractivity contribution is 5.88. The van der Waals surface area contributed by atoms with Crippen LogP contribution in [0, 0.1) is 0 Å². The van der Waals surface area contributed by atoms with Gasteiger partial charge < -0.3 is 33.5 Å². The maximum atomic E-state index is 13.1. The van der Waals surface area contributed by atoms with Gasteiger partial charge in [-0.3, -0.25) is 4.79 Å². The Morgan fingerprint density at radius 1 is 1.05 bits per heavy atom. The van der Waals surface area contributed by atoms with Crippen molar-refractivity contribution < 1.29 is 33.6 Å².